The molecule has 1 aromatic rings. The van der Waals surface area contributed by atoms with E-state index in [9.17, 15) is 4.79 Å². The molecule has 0 spiro atoms. The predicted octanol–water partition coefficient (Wildman–Crippen LogP) is 3.72. The van der Waals surface area contributed by atoms with Gasteiger partial charge in [-0.15, -0.1) is 0 Å². The van der Waals surface area contributed by atoms with Gasteiger partial charge < -0.3 is 19.3 Å². The molecule has 0 saturated carbocycles. The molecule has 116 valence electrons. The number of hydrogen-bond donors (Lipinski definition) is 1. The van der Waals surface area contributed by atoms with Crippen molar-refractivity contribution in [2.75, 3.05) is 6.61 Å². The fourth-order valence-electron chi connectivity index (χ4n) is 2.26. The molecule has 0 aliphatic carbocycles. The van der Waals surface area contributed by atoms with Crippen molar-refractivity contribution in [2.24, 2.45) is 0 Å². The topological polar surface area (TPSA) is 65.0 Å². The summed E-state index contributed by atoms with van der Waals surface area (Å²) >= 11 is 3.38. The van der Waals surface area contributed by atoms with Crippen molar-refractivity contribution in [3.8, 4) is 5.75 Å². The number of ether oxygens (including phenoxy) is 3. The SMILES string of the molecule is Cc1c(C(=O)O)ccc(Br)c1OC(C)OC1CCCCO1. The largest absolute Gasteiger partial charge is 0.478 e. The molecule has 0 amide bonds. The first-order valence-corrected chi connectivity index (χ1v) is 7.74. The molecule has 1 aliphatic heterocycles. The van der Waals surface area contributed by atoms with E-state index in [4.69, 9.17) is 19.3 Å². The van der Waals surface area contributed by atoms with E-state index in [0.29, 0.717) is 22.4 Å². The van der Waals surface area contributed by atoms with Gasteiger partial charge in [0.1, 0.15) is 5.75 Å². The molecule has 0 bridgehead atoms. The average molecular weight is 359 g/mol. The van der Waals surface area contributed by atoms with Gasteiger partial charge in [-0.1, -0.05) is 0 Å². The van der Waals surface area contributed by atoms with Crippen LogP contribution in [0.15, 0.2) is 16.6 Å². The quantitative estimate of drug-likeness (QED) is 0.812. The maximum absolute atomic E-state index is 11.2. The monoisotopic (exact) mass is 358 g/mol. The van der Waals surface area contributed by atoms with Gasteiger partial charge in [-0.3, -0.25) is 0 Å². The van der Waals surface area contributed by atoms with Crippen LogP contribution in [0.5, 0.6) is 5.75 Å². The number of halogens is 1. The van der Waals surface area contributed by atoms with E-state index in [1.807, 2.05) is 0 Å². The Bertz CT molecular complexity index is 511. The number of hydrogen-bond acceptors (Lipinski definition) is 4. The molecule has 1 fully saturated rings. The van der Waals surface area contributed by atoms with Crippen molar-refractivity contribution in [1.82, 2.24) is 0 Å². The zero-order valence-electron chi connectivity index (χ0n) is 12.1. The predicted molar refractivity (Wildman–Crippen MR) is 80.6 cm³/mol. The van der Waals surface area contributed by atoms with E-state index in [1.54, 1.807) is 26.0 Å². The fraction of sp³-hybridized carbons (Fsp3) is 0.533. The van der Waals surface area contributed by atoms with Crippen LogP contribution in [0.3, 0.4) is 0 Å². The molecule has 2 atom stereocenters. The Kier molecular flexibility index (Phi) is 5.61. The van der Waals surface area contributed by atoms with Crippen molar-refractivity contribution in [1.29, 1.82) is 0 Å². The molecule has 2 rings (SSSR count). The Hall–Kier alpha value is -1.11. The summed E-state index contributed by atoms with van der Waals surface area (Å²) in [5.74, 6) is -0.493. The normalized spacial score (nSPS) is 20.0. The number of benzene rings is 1. The highest BCUT2D eigenvalue weighted by Gasteiger charge is 2.21. The van der Waals surface area contributed by atoms with Crippen LogP contribution in [-0.2, 0) is 9.47 Å². The Morgan fingerprint density at radius 2 is 2.24 bits per heavy atom. The molecule has 1 aromatic carbocycles. The minimum atomic E-state index is -0.978. The van der Waals surface area contributed by atoms with Crippen LogP contribution in [0.2, 0.25) is 0 Å². The van der Waals surface area contributed by atoms with Gasteiger partial charge in [0.2, 0.25) is 0 Å². The summed E-state index contributed by atoms with van der Waals surface area (Å²) in [6.07, 6.45) is 2.21. The second-order valence-electron chi connectivity index (χ2n) is 4.97. The molecule has 21 heavy (non-hydrogen) atoms. The van der Waals surface area contributed by atoms with Crippen LogP contribution in [0.4, 0.5) is 0 Å². The lowest BCUT2D eigenvalue weighted by Gasteiger charge is -2.27. The van der Waals surface area contributed by atoms with Gasteiger partial charge >= 0.3 is 5.97 Å². The summed E-state index contributed by atoms with van der Waals surface area (Å²) in [6, 6.07) is 3.21. The molecular weight excluding hydrogens is 340 g/mol. The van der Waals surface area contributed by atoms with Gasteiger partial charge in [-0.2, -0.15) is 0 Å². The summed E-state index contributed by atoms with van der Waals surface area (Å²) in [6.45, 7) is 4.19. The average Bonchev–Trinajstić information content (AvgIpc) is 2.44. The first-order chi connectivity index (χ1) is 9.99. The van der Waals surface area contributed by atoms with Crippen molar-refractivity contribution in [2.45, 2.75) is 45.7 Å². The molecule has 6 heteroatoms. The number of carboxylic acid groups (broad SMARTS) is 1. The highest BCUT2D eigenvalue weighted by Crippen LogP contribution is 2.32. The molecule has 1 N–H and O–H groups in total. The van der Waals surface area contributed by atoms with Crippen LogP contribution in [0.25, 0.3) is 0 Å². The fourth-order valence-corrected chi connectivity index (χ4v) is 2.78. The molecular formula is C15H19BrO5. The van der Waals surface area contributed by atoms with Crippen LogP contribution in [-0.4, -0.2) is 30.3 Å². The van der Waals surface area contributed by atoms with Gasteiger partial charge in [0.25, 0.3) is 0 Å². The second kappa shape index (κ2) is 7.24. The third-order valence-corrected chi connectivity index (χ3v) is 3.98. The zero-order valence-corrected chi connectivity index (χ0v) is 13.7. The number of carbonyl (C=O) groups is 1. The van der Waals surface area contributed by atoms with Crippen molar-refractivity contribution >= 4 is 21.9 Å². The molecule has 0 radical (unpaired) electrons. The van der Waals surface area contributed by atoms with Crippen LogP contribution in [0, 0.1) is 6.92 Å². The molecule has 5 nitrogen and oxygen atoms in total. The minimum absolute atomic E-state index is 0.217. The summed E-state index contributed by atoms with van der Waals surface area (Å²) in [4.78, 5) is 11.2. The van der Waals surface area contributed by atoms with Gasteiger partial charge in [0.15, 0.2) is 12.6 Å². The van der Waals surface area contributed by atoms with E-state index in [0.717, 1.165) is 19.3 Å². The van der Waals surface area contributed by atoms with Gasteiger partial charge in [-0.05, 0) is 61.2 Å². The van der Waals surface area contributed by atoms with E-state index >= 15 is 0 Å². The summed E-state index contributed by atoms with van der Waals surface area (Å²) in [7, 11) is 0. The van der Waals surface area contributed by atoms with Crippen molar-refractivity contribution in [3.05, 3.63) is 27.7 Å². The summed E-state index contributed by atoms with van der Waals surface area (Å²) in [5.41, 5.74) is 0.784. The van der Waals surface area contributed by atoms with Gasteiger partial charge in [0, 0.05) is 12.2 Å². The third-order valence-electron chi connectivity index (χ3n) is 3.35. The van der Waals surface area contributed by atoms with E-state index in [1.165, 1.54) is 0 Å². The van der Waals surface area contributed by atoms with Crippen LogP contribution < -0.4 is 4.74 Å². The maximum Gasteiger partial charge on any atom is 0.336 e. The lowest BCUT2D eigenvalue weighted by atomic mass is 10.1. The second-order valence-corrected chi connectivity index (χ2v) is 5.83. The lowest BCUT2D eigenvalue weighted by Crippen LogP contribution is -2.29. The van der Waals surface area contributed by atoms with Crippen LogP contribution >= 0.6 is 15.9 Å². The number of carboxylic acids is 1. The van der Waals surface area contributed by atoms with E-state index in [2.05, 4.69) is 15.9 Å². The van der Waals surface area contributed by atoms with Crippen molar-refractivity contribution in [3.63, 3.8) is 0 Å². The van der Waals surface area contributed by atoms with E-state index in [-0.39, 0.29) is 11.9 Å². The first kappa shape index (κ1) is 16.3. The van der Waals surface area contributed by atoms with Crippen molar-refractivity contribution < 1.29 is 24.1 Å². The Labute approximate surface area is 132 Å². The Balaban J connectivity index is 2.07. The Morgan fingerprint density at radius 3 is 2.86 bits per heavy atom. The van der Waals surface area contributed by atoms with E-state index < -0.39 is 12.3 Å². The Morgan fingerprint density at radius 1 is 1.48 bits per heavy atom. The summed E-state index contributed by atoms with van der Waals surface area (Å²) in [5, 5.41) is 9.15. The van der Waals surface area contributed by atoms with Crippen LogP contribution in [0.1, 0.15) is 42.1 Å². The smallest absolute Gasteiger partial charge is 0.336 e. The minimum Gasteiger partial charge on any atom is -0.478 e. The maximum atomic E-state index is 11.2. The number of aromatic carboxylic acids is 1. The van der Waals surface area contributed by atoms with Gasteiger partial charge in [-0.25, -0.2) is 4.79 Å². The van der Waals surface area contributed by atoms with Gasteiger partial charge in [0.05, 0.1) is 10.0 Å². The standard InChI is InChI=1S/C15H19BrO5/c1-9-11(15(17)18)6-7-12(16)14(9)21-10(2)20-13-5-3-4-8-19-13/h6-7,10,13H,3-5,8H2,1-2H3,(H,17,18). The first-order valence-electron chi connectivity index (χ1n) is 6.95. The lowest BCUT2D eigenvalue weighted by molar-refractivity contribution is -0.225. The molecule has 0 aromatic heterocycles. The summed E-state index contributed by atoms with van der Waals surface area (Å²) < 4.78 is 17.6. The highest BCUT2D eigenvalue weighted by molar-refractivity contribution is 9.10. The highest BCUT2D eigenvalue weighted by atomic mass is 79.9. The molecule has 1 saturated heterocycles. The molecule has 1 aliphatic rings. The molecule has 1 heterocycles. The molecule has 2 unspecified atom stereocenters. The third kappa shape index (κ3) is 4.18. The number of rotatable bonds is 5. The zero-order chi connectivity index (χ0) is 15.4.